The van der Waals surface area contributed by atoms with Gasteiger partial charge in [-0.1, -0.05) is 0 Å². The molecule has 2 rings (SSSR count). The highest BCUT2D eigenvalue weighted by molar-refractivity contribution is 5.16. The third kappa shape index (κ3) is 1.87. The molecule has 0 saturated heterocycles. The average Bonchev–Trinajstić information content (AvgIpc) is 2.51. The van der Waals surface area contributed by atoms with Crippen LogP contribution in [0.15, 0.2) is 24.7 Å². The van der Waals surface area contributed by atoms with Crippen molar-refractivity contribution in [2.24, 2.45) is 0 Å². The highest BCUT2D eigenvalue weighted by Crippen LogP contribution is 2.03. The number of anilines is 1. The summed E-state index contributed by atoms with van der Waals surface area (Å²) in [7, 11) is 0. The molecule has 0 radical (unpaired) electrons. The van der Waals surface area contributed by atoms with Gasteiger partial charge in [-0.3, -0.25) is 4.98 Å². The van der Waals surface area contributed by atoms with Crippen molar-refractivity contribution in [1.82, 2.24) is 19.7 Å². The molecule has 5 nitrogen and oxygen atoms in total. The Kier molecular flexibility index (Phi) is 2.14. The molecule has 0 unspecified atom stereocenters. The lowest BCUT2D eigenvalue weighted by molar-refractivity contribution is 0.686. The Hall–Kier alpha value is -1.91. The second-order valence-corrected chi connectivity index (χ2v) is 3.11. The number of nitrogens with two attached hydrogens (primary N) is 1. The van der Waals surface area contributed by atoms with Crippen LogP contribution in [0.3, 0.4) is 0 Å². The summed E-state index contributed by atoms with van der Waals surface area (Å²) in [6.45, 7) is 2.63. The summed E-state index contributed by atoms with van der Waals surface area (Å²) >= 11 is 0. The number of aryl methyl sites for hydroxylation is 1. The zero-order valence-corrected chi connectivity index (χ0v) is 7.88. The summed E-state index contributed by atoms with van der Waals surface area (Å²) in [6, 6.07) is 3.96. The number of hydrogen-bond donors (Lipinski definition) is 1. The minimum Gasteiger partial charge on any atom is -0.367 e. The molecule has 0 bridgehead atoms. The molecule has 0 saturated carbocycles. The standard InChI is InChI=1S/C9H11N5/c1-7-4-8(2-3-11-7)5-14-6-12-9(10)13-14/h2-4,6H,5H2,1H3,(H2,10,13). The number of aromatic nitrogens is 4. The highest BCUT2D eigenvalue weighted by atomic mass is 15.4. The number of hydrogen-bond acceptors (Lipinski definition) is 4. The molecule has 0 aliphatic carbocycles. The summed E-state index contributed by atoms with van der Waals surface area (Å²) in [5, 5.41) is 4.00. The molecular weight excluding hydrogens is 178 g/mol. The molecule has 2 aromatic rings. The van der Waals surface area contributed by atoms with Crippen molar-refractivity contribution >= 4 is 5.95 Å². The Labute approximate surface area is 81.6 Å². The summed E-state index contributed by atoms with van der Waals surface area (Å²) in [5.74, 6) is 0.302. The molecule has 0 atom stereocenters. The predicted octanol–water partition coefficient (Wildman–Crippen LogP) is 0.612. The van der Waals surface area contributed by atoms with Gasteiger partial charge in [-0.2, -0.15) is 0 Å². The Morgan fingerprint density at radius 3 is 2.93 bits per heavy atom. The van der Waals surface area contributed by atoms with Crippen molar-refractivity contribution < 1.29 is 0 Å². The molecule has 0 spiro atoms. The minimum atomic E-state index is 0.302. The van der Waals surface area contributed by atoms with Gasteiger partial charge in [0.1, 0.15) is 6.33 Å². The van der Waals surface area contributed by atoms with Gasteiger partial charge in [0.15, 0.2) is 0 Å². The molecule has 14 heavy (non-hydrogen) atoms. The zero-order valence-electron chi connectivity index (χ0n) is 7.88. The van der Waals surface area contributed by atoms with Gasteiger partial charge < -0.3 is 5.73 Å². The lowest BCUT2D eigenvalue weighted by atomic mass is 10.2. The smallest absolute Gasteiger partial charge is 0.239 e. The Balaban J connectivity index is 2.18. The van der Waals surface area contributed by atoms with Crippen LogP contribution in [0, 0.1) is 6.92 Å². The maximum Gasteiger partial charge on any atom is 0.239 e. The van der Waals surface area contributed by atoms with E-state index < -0.39 is 0 Å². The fraction of sp³-hybridized carbons (Fsp3) is 0.222. The van der Waals surface area contributed by atoms with Gasteiger partial charge in [-0.05, 0) is 24.6 Å². The fourth-order valence-corrected chi connectivity index (χ4v) is 1.27. The maximum atomic E-state index is 5.41. The maximum absolute atomic E-state index is 5.41. The molecule has 2 heterocycles. The van der Waals surface area contributed by atoms with Crippen molar-refractivity contribution in [3.63, 3.8) is 0 Å². The Morgan fingerprint density at radius 1 is 1.43 bits per heavy atom. The van der Waals surface area contributed by atoms with Crippen LogP contribution in [0.2, 0.25) is 0 Å². The second kappa shape index (κ2) is 3.45. The van der Waals surface area contributed by atoms with Gasteiger partial charge in [0.25, 0.3) is 0 Å². The number of rotatable bonds is 2. The molecule has 0 aliphatic heterocycles. The molecule has 0 amide bonds. The monoisotopic (exact) mass is 189 g/mol. The molecule has 2 aromatic heterocycles. The predicted molar refractivity (Wildman–Crippen MR) is 52.5 cm³/mol. The molecule has 72 valence electrons. The van der Waals surface area contributed by atoms with Gasteiger partial charge in [0, 0.05) is 11.9 Å². The third-order valence-corrected chi connectivity index (χ3v) is 1.86. The van der Waals surface area contributed by atoms with Crippen LogP contribution in [0.4, 0.5) is 5.95 Å². The molecular formula is C9H11N5. The van der Waals surface area contributed by atoms with E-state index in [-0.39, 0.29) is 0 Å². The van der Waals surface area contributed by atoms with Crippen LogP contribution in [-0.4, -0.2) is 19.7 Å². The van der Waals surface area contributed by atoms with Crippen LogP contribution in [0.1, 0.15) is 11.3 Å². The average molecular weight is 189 g/mol. The Bertz CT molecular complexity index is 434. The number of nitrogens with zero attached hydrogens (tertiary/aromatic N) is 4. The molecule has 0 aliphatic rings. The number of nitrogen functional groups attached to an aromatic ring is 1. The van der Waals surface area contributed by atoms with E-state index in [0.717, 1.165) is 11.3 Å². The van der Waals surface area contributed by atoms with Crippen LogP contribution in [0.5, 0.6) is 0 Å². The molecule has 0 aromatic carbocycles. The summed E-state index contributed by atoms with van der Waals surface area (Å²) in [6.07, 6.45) is 3.40. The van der Waals surface area contributed by atoms with Crippen LogP contribution in [-0.2, 0) is 6.54 Å². The van der Waals surface area contributed by atoms with E-state index in [2.05, 4.69) is 15.1 Å². The van der Waals surface area contributed by atoms with Crippen molar-refractivity contribution in [2.75, 3.05) is 5.73 Å². The van der Waals surface area contributed by atoms with E-state index in [4.69, 9.17) is 5.73 Å². The first-order chi connectivity index (χ1) is 6.74. The highest BCUT2D eigenvalue weighted by Gasteiger charge is 1.98. The van der Waals surface area contributed by atoms with Gasteiger partial charge >= 0.3 is 0 Å². The normalized spacial score (nSPS) is 10.4. The summed E-state index contributed by atoms with van der Waals surface area (Å²) < 4.78 is 1.70. The third-order valence-electron chi connectivity index (χ3n) is 1.86. The first-order valence-electron chi connectivity index (χ1n) is 4.30. The molecule has 5 heteroatoms. The number of pyridine rings is 1. The van der Waals surface area contributed by atoms with Gasteiger partial charge in [0.05, 0.1) is 6.54 Å². The van der Waals surface area contributed by atoms with E-state index in [1.54, 1.807) is 17.2 Å². The van der Waals surface area contributed by atoms with Gasteiger partial charge in [-0.15, -0.1) is 5.10 Å². The van der Waals surface area contributed by atoms with E-state index in [9.17, 15) is 0 Å². The zero-order chi connectivity index (χ0) is 9.97. The van der Waals surface area contributed by atoms with E-state index in [1.165, 1.54) is 0 Å². The van der Waals surface area contributed by atoms with Crippen LogP contribution in [0.25, 0.3) is 0 Å². The summed E-state index contributed by atoms with van der Waals surface area (Å²) in [4.78, 5) is 7.97. The first kappa shape index (κ1) is 8.68. The van der Waals surface area contributed by atoms with Crippen molar-refractivity contribution in [3.8, 4) is 0 Å². The lowest BCUT2D eigenvalue weighted by Crippen LogP contribution is -2.01. The molecule has 2 N–H and O–H groups in total. The van der Waals surface area contributed by atoms with Gasteiger partial charge in [-0.25, -0.2) is 9.67 Å². The quantitative estimate of drug-likeness (QED) is 0.751. The lowest BCUT2D eigenvalue weighted by Gasteiger charge is -2.00. The van der Waals surface area contributed by atoms with E-state index >= 15 is 0 Å². The van der Waals surface area contributed by atoms with Crippen LogP contribution >= 0.6 is 0 Å². The fourth-order valence-electron chi connectivity index (χ4n) is 1.27. The largest absolute Gasteiger partial charge is 0.367 e. The second-order valence-electron chi connectivity index (χ2n) is 3.11. The van der Waals surface area contributed by atoms with Crippen molar-refractivity contribution in [1.29, 1.82) is 0 Å². The summed E-state index contributed by atoms with van der Waals surface area (Å²) in [5.41, 5.74) is 7.54. The minimum absolute atomic E-state index is 0.302. The molecule has 0 fully saturated rings. The van der Waals surface area contributed by atoms with Crippen molar-refractivity contribution in [3.05, 3.63) is 35.9 Å². The topological polar surface area (TPSA) is 69.6 Å². The Morgan fingerprint density at radius 2 is 2.29 bits per heavy atom. The van der Waals surface area contributed by atoms with E-state index in [1.807, 2.05) is 19.1 Å². The van der Waals surface area contributed by atoms with E-state index in [0.29, 0.717) is 12.5 Å². The SMILES string of the molecule is Cc1cc(Cn2cnc(N)n2)ccn1. The van der Waals surface area contributed by atoms with Crippen LogP contribution < -0.4 is 5.73 Å². The van der Waals surface area contributed by atoms with Gasteiger partial charge in [0.2, 0.25) is 5.95 Å². The van der Waals surface area contributed by atoms with Crippen molar-refractivity contribution in [2.45, 2.75) is 13.5 Å². The first-order valence-corrected chi connectivity index (χ1v) is 4.30.